The number of amides is 1. The van der Waals surface area contributed by atoms with Gasteiger partial charge in [-0.05, 0) is 42.8 Å². The zero-order valence-electron chi connectivity index (χ0n) is 13.0. The maximum atomic E-state index is 12.7. The molecule has 0 saturated heterocycles. The zero-order chi connectivity index (χ0) is 18.0. The third-order valence-electron chi connectivity index (χ3n) is 3.43. The highest BCUT2D eigenvalue weighted by Gasteiger charge is 2.19. The van der Waals surface area contributed by atoms with Crippen molar-refractivity contribution in [3.63, 3.8) is 0 Å². The lowest BCUT2D eigenvalue weighted by Gasteiger charge is -2.10. The van der Waals surface area contributed by atoms with E-state index in [0.29, 0.717) is 15.7 Å². The van der Waals surface area contributed by atoms with E-state index in [4.69, 9.17) is 28.5 Å². The molecule has 0 aliphatic rings. The molecule has 1 aromatic carbocycles. The van der Waals surface area contributed by atoms with Crippen LogP contribution in [0.1, 0.15) is 21.7 Å². The maximum absolute atomic E-state index is 12.7. The van der Waals surface area contributed by atoms with Gasteiger partial charge in [-0.15, -0.1) is 0 Å². The van der Waals surface area contributed by atoms with Crippen LogP contribution in [0.3, 0.4) is 0 Å². The van der Waals surface area contributed by atoms with E-state index in [1.165, 1.54) is 16.9 Å². The lowest BCUT2D eigenvalue weighted by atomic mass is 10.2. The number of rotatable bonds is 3. The van der Waals surface area contributed by atoms with Crippen molar-refractivity contribution in [1.82, 2.24) is 14.8 Å². The highest BCUT2D eigenvalue weighted by atomic mass is 35.5. The summed E-state index contributed by atoms with van der Waals surface area (Å²) < 4.78 is 1.25. The number of nitrogens with one attached hydrogen (secondary N) is 1. The van der Waals surface area contributed by atoms with Crippen molar-refractivity contribution < 1.29 is 4.79 Å². The number of halogens is 2. The van der Waals surface area contributed by atoms with E-state index in [0.717, 1.165) is 5.56 Å². The van der Waals surface area contributed by atoms with E-state index >= 15 is 0 Å². The molecular formula is C17H11Cl2N5O. The normalized spacial score (nSPS) is 10.3. The Hall–Kier alpha value is -2.88. The van der Waals surface area contributed by atoms with Gasteiger partial charge in [0.05, 0.1) is 5.02 Å². The third-order valence-corrected chi connectivity index (χ3v) is 3.96. The number of anilines is 1. The molecule has 0 atom stereocenters. The summed E-state index contributed by atoms with van der Waals surface area (Å²) in [7, 11) is 0. The molecule has 6 nitrogen and oxygen atoms in total. The van der Waals surface area contributed by atoms with Gasteiger partial charge in [-0.25, -0.2) is 9.67 Å². The van der Waals surface area contributed by atoms with Crippen molar-refractivity contribution in [2.75, 3.05) is 5.32 Å². The minimum atomic E-state index is -0.443. The SMILES string of the molecule is Cc1cc(Cl)ccc1NC(=O)c1cc(C#N)nn1-c1ncccc1Cl. The summed E-state index contributed by atoms with van der Waals surface area (Å²) >= 11 is 12.1. The largest absolute Gasteiger partial charge is 0.320 e. The molecule has 8 heteroatoms. The number of pyridine rings is 1. The zero-order valence-corrected chi connectivity index (χ0v) is 14.5. The standard InChI is InChI=1S/C17H11Cl2N5O/c1-10-7-11(18)4-5-14(10)22-17(25)15-8-12(9-20)23-24(15)16-13(19)3-2-6-21-16/h2-8H,1H3,(H,22,25). The summed E-state index contributed by atoms with van der Waals surface area (Å²) in [6.45, 7) is 1.83. The highest BCUT2D eigenvalue weighted by Crippen LogP contribution is 2.22. The number of nitriles is 1. The van der Waals surface area contributed by atoms with Crippen molar-refractivity contribution in [1.29, 1.82) is 5.26 Å². The van der Waals surface area contributed by atoms with E-state index < -0.39 is 5.91 Å². The smallest absolute Gasteiger partial charge is 0.274 e. The Labute approximate surface area is 153 Å². The van der Waals surface area contributed by atoms with Crippen LogP contribution in [0.15, 0.2) is 42.6 Å². The fourth-order valence-electron chi connectivity index (χ4n) is 2.25. The van der Waals surface area contributed by atoms with E-state index in [1.807, 2.05) is 13.0 Å². The molecule has 3 rings (SSSR count). The van der Waals surface area contributed by atoms with Crippen LogP contribution >= 0.6 is 23.2 Å². The number of benzene rings is 1. The van der Waals surface area contributed by atoms with Crippen molar-refractivity contribution in [2.45, 2.75) is 6.92 Å². The van der Waals surface area contributed by atoms with Gasteiger partial charge in [0.2, 0.25) is 0 Å². The second-order valence-electron chi connectivity index (χ2n) is 5.16. The molecule has 124 valence electrons. The number of carbonyl (C=O) groups is 1. The van der Waals surface area contributed by atoms with Crippen LogP contribution in [0.2, 0.25) is 10.0 Å². The summed E-state index contributed by atoms with van der Waals surface area (Å²) in [5, 5.41) is 16.9. The monoisotopic (exact) mass is 371 g/mol. The Morgan fingerprint density at radius 1 is 1.28 bits per heavy atom. The maximum Gasteiger partial charge on any atom is 0.274 e. The molecule has 0 radical (unpaired) electrons. The Bertz CT molecular complexity index is 1010. The number of aromatic nitrogens is 3. The van der Waals surface area contributed by atoms with Gasteiger partial charge in [0.15, 0.2) is 11.5 Å². The average Bonchev–Trinajstić information content (AvgIpc) is 3.02. The summed E-state index contributed by atoms with van der Waals surface area (Å²) in [6.07, 6.45) is 1.53. The lowest BCUT2D eigenvalue weighted by molar-refractivity contribution is 0.101. The molecule has 0 saturated carbocycles. The molecule has 0 unspecified atom stereocenters. The first-order valence-electron chi connectivity index (χ1n) is 7.18. The van der Waals surface area contributed by atoms with Crippen molar-refractivity contribution in [3.8, 4) is 11.9 Å². The number of aryl methyl sites for hydroxylation is 1. The van der Waals surface area contributed by atoms with Crippen molar-refractivity contribution in [3.05, 3.63) is 69.6 Å². The predicted octanol–water partition coefficient (Wildman–Crippen LogP) is 4.01. The number of hydrogen-bond acceptors (Lipinski definition) is 4. The van der Waals surface area contributed by atoms with Crippen LogP contribution in [0.4, 0.5) is 5.69 Å². The number of carbonyl (C=O) groups excluding carboxylic acids is 1. The van der Waals surface area contributed by atoms with Gasteiger partial charge in [0.1, 0.15) is 11.8 Å². The molecule has 0 spiro atoms. The highest BCUT2D eigenvalue weighted by molar-refractivity contribution is 6.32. The Kier molecular flexibility index (Phi) is 4.70. The quantitative estimate of drug-likeness (QED) is 0.753. The fourth-order valence-corrected chi connectivity index (χ4v) is 2.67. The number of hydrogen-bond donors (Lipinski definition) is 1. The third kappa shape index (κ3) is 3.48. The summed E-state index contributed by atoms with van der Waals surface area (Å²) in [5.74, 6) is -0.176. The van der Waals surface area contributed by atoms with E-state index in [-0.39, 0.29) is 17.2 Å². The molecule has 1 N–H and O–H groups in total. The minimum absolute atomic E-state index is 0.0831. The first-order chi connectivity index (χ1) is 12.0. The topological polar surface area (TPSA) is 83.6 Å². The second kappa shape index (κ2) is 6.93. The lowest BCUT2D eigenvalue weighted by Crippen LogP contribution is -2.18. The molecule has 2 aromatic heterocycles. The molecular weight excluding hydrogens is 361 g/mol. The Morgan fingerprint density at radius 3 is 2.76 bits per heavy atom. The first kappa shape index (κ1) is 17.0. The Morgan fingerprint density at radius 2 is 2.08 bits per heavy atom. The Balaban J connectivity index is 2.02. The molecule has 0 aliphatic heterocycles. The summed E-state index contributed by atoms with van der Waals surface area (Å²) in [6, 6.07) is 11.7. The molecule has 3 aromatic rings. The van der Waals surface area contributed by atoms with Gasteiger partial charge < -0.3 is 5.32 Å². The van der Waals surface area contributed by atoms with Crippen LogP contribution in [-0.4, -0.2) is 20.7 Å². The molecule has 2 heterocycles. The van der Waals surface area contributed by atoms with Gasteiger partial charge in [-0.1, -0.05) is 23.2 Å². The summed E-state index contributed by atoms with van der Waals surface area (Å²) in [4.78, 5) is 16.8. The van der Waals surface area contributed by atoms with Gasteiger partial charge >= 0.3 is 0 Å². The van der Waals surface area contributed by atoms with Crippen molar-refractivity contribution >= 4 is 34.8 Å². The molecule has 0 fully saturated rings. The van der Waals surface area contributed by atoms with Crippen LogP contribution in [0.25, 0.3) is 5.82 Å². The van der Waals surface area contributed by atoms with Crippen LogP contribution in [0, 0.1) is 18.3 Å². The average molecular weight is 372 g/mol. The number of nitrogens with zero attached hydrogens (tertiary/aromatic N) is 4. The van der Waals surface area contributed by atoms with Crippen LogP contribution < -0.4 is 5.32 Å². The van der Waals surface area contributed by atoms with E-state index in [2.05, 4.69) is 15.4 Å². The van der Waals surface area contributed by atoms with Gasteiger partial charge in [0, 0.05) is 23.0 Å². The molecule has 0 bridgehead atoms. The first-order valence-corrected chi connectivity index (χ1v) is 7.93. The minimum Gasteiger partial charge on any atom is -0.320 e. The predicted molar refractivity (Wildman–Crippen MR) is 95.2 cm³/mol. The second-order valence-corrected chi connectivity index (χ2v) is 6.00. The van der Waals surface area contributed by atoms with E-state index in [1.54, 1.807) is 30.3 Å². The van der Waals surface area contributed by atoms with Crippen LogP contribution in [0.5, 0.6) is 0 Å². The summed E-state index contributed by atoms with van der Waals surface area (Å²) in [5.41, 5.74) is 1.64. The molecule has 25 heavy (non-hydrogen) atoms. The van der Waals surface area contributed by atoms with E-state index in [9.17, 15) is 4.79 Å². The molecule has 1 amide bonds. The van der Waals surface area contributed by atoms with Crippen LogP contribution in [-0.2, 0) is 0 Å². The van der Waals surface area contributed by atoms with Gasteiger partial charge in [-0.3, -0.25) is 4.79 Å². The molecule has 0 aliphatic carbocycles. The fraction of sp³-hybridized carbons (Fsp3) is 0.0588. The van der Waals surface area contributed by atoms with Gasteiger partial charge in [0.25, 0.3) is 5.91 Å². The van der Waals surface area contributed by atoms with Gasteiger partial charge in [-0.2, -0.15) is 10.4 Å². The van der Waals surface area contributed by atoms with Crippen molar-refractivity contribution in [2.24, 2.45) is 0 Å².